The van der Waals surface area contributed by atoms with Crippen LogP contribution in [0.1, 0.15) is 27.2 Å². The Morgan fingerprint density at radius 2 is 2.07 bits per heavy atom. The molecule has 8 nitrogen and oxygen atoms in total. The van der Waals surface area contributed by atoms with Crippen LogP contribution in [0.4, 0.5) is 14.9 Å². The summed E-state index contributed by atoms with van der Waals surface area (Å²) < 4.78 is 18.1. The van der Waals surface area contributed by atoms with Crippen LogP contribution in [0.3, 0.4) is 0 Å². The Balaban J connectivity index is 1.93. The van der Waals surface area contributed by atoms with Crippen molar-refractivity contribution < 1.29 is 28.3 Å². The predicted octanol–water partition coefficient (Wildman–Crippen LogP) is 2.07. The molecule has 2 rings (SSSR count). The van der Waals surface area contributed by atoms with Crippen molar-refractivity contribution in [2.24, 2.45) is 0 Å². The lowest BCUT2D eigenvalue weighted by Gasteiger charge is -2.19. The lowest BCUT2D eigenvalue weighted by molar-refractivity contribution is -0.155. The zero-order valence-electron chi connectivity index (χ0n) is 15.0. The standard InChI is InChI=1S/C17H19ClFN3O5/c1-4-17(3)15(25)22(16(26)21-17)8-13(23)27-9(2)14(24)20-10-5-6-12(19)11(18)7-10/h5-7,9H,4,8H2,1-3H3,(H,20,24)(H,21,26)/t9-,17-/m1/s1. The van der Waals surface area contributed by atoms with E-state index in [1.807, 2.05) is 0 Å². The number of imide groups is 1. The molecule has 0 radical (unpaired) electrons. The Morgan fingerprint density at radius 1 is 1.41 bits per heavy atom. The van der Waals surface area contributed by atoms with Crippen molar-refractivity contribution >= 4 is 41.1 Å². The number of carbonyl (C=O) groups is 4. The maximum atomic E-state index is 13.1. The second-order valence-electron chi connectivity index (χ2n) is 6.26. The summed E-state index contributed by atoms with van der Waals surface area (Å²) in [5, 5.41) is 4.76. The van der Waals surface area contributed by atoms with Gasteiger partial charge in [-0.3, -0.25) is 19.3 Å². The van der Waals surface area contributed by atoms with Crippen molar-refractivity contribution in [2.45, 2.75) is 38.8 Å². The minimum Gasteiger partial charge on any atom is -0.451 e. The molecule has 0 saturated carbocycles. The quantitative estimate of drug-likeness (QED) is 0.562. The fraction of sp³-hybridized carbons (Fsp3) is 0.412. The molecule has 2 N–H and O–H groups in total. The average molecular weight is 400 g/mol. The molecular weight excluding hydrogens is 381 g/mol. The molecule has 0 aromatic heterocycles. The minimum atomic E-state index is -1.21. The van der Waals surface area contributed by atoms with Gasteiger partial charge in [0, 0.05) is 5.69 Å². The SMILES string of the molecule is CC[C@@]1(C)NC(=O)N(CC(=O)O[C@H](C)C(=O)Nc2ccc(F)c(Cl)c2)C1=O. The fourth-order valence-corrected chi connectivity index (χ4v) is 2.55. The second-order valence-corrected chi connectivity index (χ2v) is 6.66. The van der Waals surface area contributed by atoms with E-state index in [0.717, 1.165) is 11.0 Å². The van der Waals surface area contributed by atoms with Gasteiger partial charge in [-0.25, -0.2) is 9.18 Å². The smallest absolute Gasteiger partial charge is 0.327 e. The first kappa shape index (κ1) is 20.6. The van der Waals surface area contributed by atoms with Gasteiger partial charge in [-0.1, -0.05) is 18.5 Å². The Bertz CT molecular complexity index is 803. The van der Waals surface area contributed by atoms with Crippen LogP contribution in [0.2, 0.25) is 5.02 Å². The molecule has 0 aliphatic carbocycles. The Labute approximate surface area is 160 Å². The lowest BCUT2D eigenvalue weighted by Crippen LogP contribution is -2.44. The third kappa shape index (κ3) is 4.54. The number of ether oxygens (including phenoxy) is 1. The number of urea groups is 1. The highest BCUT2D eigenvalue weighted by Gasteiger charge is 2.47. The van der Waals surface area contributed by atoms with E-state index < -0.39 is 47.8 Å². The summed E-state index contributed by atoms with van der Waals surface area (Å²) in [6.45, 7) is 4.00. The van der Waals surface area contributed by atoms with Crippen LogP contribution >= 0.6 is 11.6 Å². The zero-order valence-corrected chi connectivity index (χ0v) is 15.7. The second kappa shape index (κ2) is 7.91. The number of anilines is 1. The molecule has 4 amide bonds. The van der Waals surface area contributed by atoms with Crippen molar-refractivity contribution in [1.29, 1.82) is 0 Å². The molecule has 10 heteroatoms. The van der Waals surface area contributed by atoms with Crippen molar-refractivity contribution in [3.63, 3.8) is 0 Å². The first-order valence-electron chi connectivity index (χ1n) is 8.17. The molecule has 2 atom stereocenters. The largest absolute Gasteiger partial charge is 0.451 e. The van der Waals surface area contributed by atoms with E-state index in [4.69, 9.17) is 16.3 Å². The van der Waals surface area contributed by atoms with Gasteiger partial charge < -0.3 is 15.4 Å². The molecule has 146 valence electrons. The van der Waals surface area contributed by atoms with Crippen LogP contribution in [-0.4, -0.2) is 46.9 Å². The highest BCUT2D eigenvalue weighted by atomic mass is 35.5. The van der Waals surface area contributed by atoms with Crippen LogP contribution < -0.4 is 10.6 Å². The number of nitrogens with one attached hydrogen (secondary N) is 2. The van der Waals surface area contributed by atoms with Gasteiger partial charge in [0.25, 0.3) is 11.8 Å². The first-order chi connectivity index (χ1) is 12.6. The van der Waals surface area contributed by atoms with Crippen LogP contribution in [-0.2, 0) is 19.1 Å². The number of carbonyl (C=O) groups excluding carboxylic acids is 4. The lowest BCUT2D eigenvalue weighted by atomic mass is 9.99. The summed E-state index contributed by atoms with van der Waals surface area (Å²) in [4.78, 5) is 48.9. The van der Waals surface area contributed by atoms with E-state index in [9.17, 15) is 23.6 Å². The Kier molecular flexibility index (Phi) is 6.04. The molecule has 1 aliphatic heterocycles. The number of hydrogen-bond acceptors (Lipinski definition) is 5. The van der Waals surface area contributed by atoms with Gasteiger partial charge in [0.15, 0.2) is 6.10 Å². The molecule has 1 aromatic carbocycles. The van der Waals surface area contributed by atoms with Gasteiger partial charge in [0.2, 0.25) is 0 Å². The van der Waals surface area contributed by atoms with Gasteiger partial charge in [0.1, 0.15) is 17.9 Å². The monoisotopic (exact) mass is 399 g/mol. The molecule has 0 bridgehead atoms. The maximum absolute atomic E-state index is 13.1. The van der Waals surface area contributed by atoms with E-state index in [1.54, 1.807) is 13.8 Å². The molecule has 0 unspecified atom stereocenters. The van der Waals surface area contributed by atoms with Crippen LogP contribution in [0.15, 0.2) is 18.2 Å². The summed E-state index contributed by atoms with van der Waals surface area (Å²) >= 11 is 5.63. The van der Waals surface area contributed by atoms with E-state index >= 15 is 0 Å². The molecule has 0 spiro atoms. The highest BCUT2D eigenvalue weighted by Crippen LogP contribution is 2.21. The fourth-order valence-electron chi connectivity index (χ4n) is 2.37. The van der Waals surface area contributed by atoms with Crippen molar-refractivity contribution in [3.05, 3.63) is 29.0 Å². The van der Waals surface area contributed by atoms with Crippen molar-refractivity contribution in [2.75, 3.05) is 11.9 Å². The topological polar surface area (TPSA) is 105 Å². The summed E-state index contributed by atoms with van der Waals surface area (Å²) in [6, 6.07) is 2.89. The first-order valence-corrected chi connectivity index (χ1v) is 8.54. The average Bonchev–Trinajstić information content (AvgIpc) is 2.82. The zero-order chi connectivity index (χ0) is 20.4. The molecule has 1 saturated heterocycles. The molecular formula is C17H19ClFN3O5. The third-order valence-electron chi connectivity index (χ3n) is 4.20. The summed E-state index contributed by atoms with van der Waals surface area (Å²) in [5.74, 6) is -2.77. The predicted molar refractivity (Wildman–Crippen MR) is 94.5 cm³/mol. The molecule has 1 aromatic rings. The van der Waals surface area contributed by atoms with Crippen molar-refractivity contribution in [3.8, 4) is 0 Å². The number of esters is 1. The summed E-state index contributed by atoms with van der Waals surface area (Å²) in [6.07, 6.45) is -0.845. The number of benzene rings is 1. The van der Waals surface area contributed by atoms with E-state index in [-0.39, 0.29) is 10.7 Å². The molecule has 1 aliphatic rings. The van der Waals surface area contributed by atoms with Crippen LogP contribution in [0, 0.1) is 5.82 Å². The van der Waals surface area contributed by atoms with Gasteiger partial charge in [0.05, 0.1) is 5.02 Å². The summed E-state index contributed by atoms with van der Waals surface area (Å²) in [7, 11) is 0. The molecule has 1 heterocycles. The van der Waals surface area contributed by atoms with E-state index in [1.165, 1.54) is 19.1 Å². The Morgan fingerprint density at radius 3 is 2.63 bits per heavy atom. The Hall–Kier alpha value is -2.68. The number of amides is 4. The van der Waals surface area contributed by atoms with Crippen molar-refractivity contribution in [1.82, 2.24) is 10.2 Å². The minimum absolute atomic E-state index is 0.171. The number of nitrogens with zero attached hydrogens (tertiary/aromatic N) is 1. The van der Waals surface area contributed by atoms with Gasteiger partial charge in [-0.05, 0) is 38.5 Å². The van der Waals surface area contributed by atoms with E-state index in [0.29, 0.717) is 6.42 Å². The number of halogens is 2. The van der Waals surface area contributed by atoms with Gasteiger partial charge in [-0.15, -0.1) is 0 Å². The van der Waals surface area contributed by atoms with Gasteiger partial charge >= 0.3 is 12.0 Å². The highest BCUT2D eigenvalue weighted by molar-refractivity contribution is 6.31. The van der Waals surface area contributed by atoms with Crippen LogP contribution in [0.25, 0.3) is 0 Å². The van der Waals surface area contributed by atoms with Crippen LogP contribution in [0.5, 0.6) is 0 Å². The third-order valence-corrected chi connectivity index (χ3v) is 4.49. The maximum Gasteiger partial charge on any atom is 0.327 e. The number of hydrogen-bond donors (Lipinski definition) is 2. The van der Waals surface area contributed by atoms with E-state index in [2.05, 4.69) is 10.6 Å². The number of rotatable bonds is 6. The molecule has 1 fully saturated rings. The molecule has 27 heavy (non-hydrogen) atoms. The van der Waals surface area contributed by atoms with Gasteiger partial charge in [-0.2, -0.15) is 0 Å². The summed E-state index contributed by atoms with van der Waals surface area (Å²) in [5.41, 5.74) is -0.843. The normalized spacial score (nSPS) is 20.3.